The summed E-state index contributed by atoms with van der Waals surface area (Å²) in [6, 6.07) is 46.8. The molecule has 0 saturated heterocycles. The molecule has 6 aliphatic rings. The Morgan fingerprint density at radius 1 is 0.370 bits per heavy atom. The second kappa shape index (κ2) is 42.9. The number of rotatable bonds is 28. The molecular formula is C91H111Cl4N15O5S4. The summed E-state index contributed by atoms with van der Waals surface area (Å²) >= 11 is 0. The number of fused-ring (bicyclic) bond motifs is 4. The van der Waals surface area contributed by atoms with Crippen LogP contribution in [0.2, 0.25) is 0 Å². The minimum Gasteiger partial charge on any atom is -1.00 e. The third kappa shape index (κ3) is 21.1. The second-order valence-electron chi connectivity index (χ2n) is 31.3. The zero-order chi connectivity index (χ0) is 79.5. The zero-order valence-electron chi connectivity index (χ0n) is 69.2. The van der Waals surface area contributed by atoms with Gasteiger partial charge in [-0.1, -0.05) is 104 Å². The van der Waals surface area contributed by atoms with Crippen molar-refractivity contribution >= 4 is 146 Å². The van der Waals surface area contributed by atoms with Crippen LogP contribution < -0.4 is 104 Å². The highest BCUT2D eigenvalue weighted by Crippen LogP contribution is 2.40. The summed E-state index contributed by atoms with van der Waals surface area (Å²) in [7, 11) is 15.1. The van der Waals surface area contributed by atoms with Gasteiger partial charge in [-0.15, -0.1) is 0 Å². The average Bonchev–Trinajstić information content (AvgIpc) is 1.45. The standard InChI is InChI=1S/C52H60N8O2S2.C26H32N6O2S2.C13H15NO.4ClH/c1-55-43-15-3-5-17-45(43)59(49(55)21-19-37-31-39-11-7-25-57-26-8-12-40(32-37)51(39)57)35-47(61)53-23-29-63-64-30-24-54-48(62)36-60-46-18-6-4-16-44(46)56(2)50(60)22-20-38-33-41-13-9-27-58-28-10-14-42(34-38)52(41)58;1-19-29(3)21-9-5-7-11-23(21)31(19)17-25(33)27-13-15-35-36-16-14-28-26(34)18-32-20(2)30(4)22-10-6-8-12-24(22)32;15-9-10-7-11-3-1-5-14-6-2-4-12(8-10)13(11)14;;;;/h3-6,15-19,21,31-34H,7-14,20,22-30,35-36H2,1-2H3;5-12H,13-18H2,1-4H3;7-9H,1-6H2;4*1H. The Morgan fingerprint density at radius 3 is 1.04 bits per heavy atom. The first kappa shape index (κ1) is 91.4. The monoisotopic (exact) mass is 1760 g/mol. The summed E-state index contributed by atoms with van der Waals surface area (Å²) in [5.74, 6) is 7.53. The fourth-order valence-electron chi connectivity index (χ4n) is 18.3. The van der Waals surface area contributed by atoms with Gasteiger partial charge in [-0.2, -0.15) is 0 Å². The van der Waals surface area contributed by atoms with E-state index in [0.717, 1.165) is 135 Å². The summed E-state index contributed by atoms with van der Waals surface area (Å²) in [6.45, 7) is 14.8. The summed E-state index contributed by atoms with van der Waals surface area (Å²) < 4.78 is 17.1. The number of nitrogens with zero attached hydrogens (tertiary/aromatic N) is 11. The second-order valence-corrected chi connectivity index (χ2v) is 36.7. The first-order valence-electron chi connectivity index (χ1n) is 41.4. The number of hydrogen-bond acceptors (Lipinski definition) is 12. The van der Waals surface area contributed by atoms with Crippen molar-refractivity contribution in [2.75, 3.05) is 103 Å². The van der Waals surface area contributed by atoms with Gasteiger partial charge in [-0.25, -0.2) is 36.5 Å². The molecule has 0 radical (unpaired) electrons. The van der Waals surface area contributed by atoms with Crippen molar-refractivity contribution in [3.63, 3.8) is 0 Å². The summed E-state index contributed by atoms with van der Waals surface area (Å²) in [6.07, 6.45) is 21.5. The first-order chi connectivity index (χ1) is 56.2. The van der Waals surface area contributed by atoms with E-state index in [1.165, 1.54) is 158 Å². The van der Waals surface area contributed by atoms with Crippen LogP contribution in [0.1, 0.15) is 117 Å². The van der Waals surface area contributed by atoms with Crippen LogP contribution in [0.15, 0.2) is 133 Å². The molecule has 632 valence electrons. The van der Waals surface area contributed by atoms with Crippen molar-refractivity contribution in [1.82, 2.24) is 39.5 Å². The van der Waals surface area contributed by atoms with Crippen LogP contribution >= 0.6 is 43.2 Å². The van der Waals surface area contributed by atoms with E-state index in [1.54, 1.807) is 43.2 Å². The number of anilines is 3. The normalized spacial score (nSPS) is 14.1. The molecule has 4 N–H and O–H groups in total. The number of nitrogens with one attached hydrogen (secondary N) is 4. The van der Waals surface area contributed by atoms with Gasteiger partial charge in [0.1, 0.15) is 6.29 Å². The van der Waals surface area contributed by atoms with E-state index in [9.17, 15) is 24.0 Å². The maximum absolute atomic E-state index is 13.4. The fourth-order valence-corrected chi connectivity index (χ4v) is 22.0. The van der Waals surface area contributed by atoms with Crippen LogP contribution in [0.5, 0.6) is 0 Å². The van der Waals surface area contributed by atoms with E-state index in [2.05, 4.69) is 181 Å². The molecule has 119 heavy (non-hydrogen) atoms. The predicted molar refractivity (Wildman–Crippen MR) is 471 cm³/mol. The molecule has 0 bridgehead atoms. The van der Waals surface area contributed by atoms with Crippen LogP contribution in [0.3, 0.4) is 0 Å². The van der Waals surface area contributed by atoms with Gasteiger partial charge in [0, 0.05) is 131 Å². The highest BCUT2D eigenvalue weighted by molar-refractivity contribution is 8.77. The van der Waals surface area contributed by atoms with Gasteiger partial charge in [0.05, 0.1) is 34.6 Å². The van der Waals surface area contributed by atoms with Gasteiger partial charge in [0.15, 0.2) is 70.3 Å². The number of imidazole rings is 4. The number of amides is 4. The third-order valence-electron chi connectivity index (χ3n) is 23.9. The predicted octanol–water partition coefficient (Wildman–Crippen LogP) is -0.698. The Hall–Kier alpha value is -8.33. The molecule has 0 atom stereocenters. The molecule has 7 aromatic carbocycles. The first-order valence-corrected chi connectivity index (χ1v) is 46.3. The lowest BCUT2D eigenvalue weighted by molar-refractivity contribution is -0.654. The number of carbonyl (C=O) groups excluding carboxylic acids is 5. The molecule has 11 aromatic rings. The van der Waals surface area contributed by atoms with Crippen molar-refractivity contribution < 1.29 is 91.9 Å². The van der Waals surface area contributed by atoms with Gasteiger partial charge in [-0.05, 0) is 207 Å². The quantitative estimate of drug-likeness (QED) is 0.0211. The molecule has 0 aliphatic carbocycles. The lowest BCUT2D eigenvalue weighted by Crippen LogP contribution is -3.00. The van der Waals surface area contributed by atoms with E-state index in [4.69, 9.17) is 0 Å². The minimum absolute atomic E-state index is 0. The van der Waals surface area contributed by atoms with Gasteiger partial charge in [0.25, 0.3) is 46.9 Å². The molecule has 17 rings (SSSR count). The van der Waals surface area contributed by atoms with Crippen molar-refractivity contribution in [2.45, 2.75) is 130 Å². The van der Waals surface area contributed by atoms with Gasteiger partial charge in [-0.3, -0.25) is 24.0 Å². The number of halogens is 4. The van der Waals surface area contributed by atoms with Crippen molar-refractivity contribution in [1.29, 1.82) is 0 Å². The number of aryl methyl sites for hydroxylation is 11. The molecule has 6 aliphatic heterocycles. The summed E-state index contributed by atoms with van der Waals surface area (Å²) in [5.41, 5.74) is 25.5. The minimum atomic E-state index is 0. The maximum Gasteiger partial charge on any atom is 0.282 e. The van der Waals surface area contributed by atoms with Crippen molar-refractivity contribution in [2.24, 2.45) is 28.2 Å². The van der Waals surface area contributed by atoms with Crippen LogP contribution in [-0.4, -0.2) is 137 Å². The SMILES string of the molecule is C[n+]1c(/C=C/c2cc3c4c(c2)CCCN4CCC3)n(CC(=O)NCCSSCCNC(=O)Cn2c(CCc3cc4c5c(c3)CCCN5CCC4)[n+](C)c3ccccc32)c2ccccc21.Cc1n(CC(=O)NCCSSCCNC(=O)Cn2c(C)[n+](C)c3ccccc32)c2ccccc2[n+]1C.O=Cc1cc2c3c(c1)CCCN3CCC2.[Cl-].[Cl-].[Cl-].[Cl-]. The topological polar surface area (TPSA) is 178 Å². The van der Waals surface area contributed by atoms with Gasteiger partial charge < -0.3 is 85.6 Å². The average molecular weight is 1770 g/mol. The zero-order valence-corrected chi connectivity index (χ0v) is 75.5. The van der Waals surface area contributed by atoms with Crippen molar-refractivity contribution in [3.8, 4) is 0 Å². The number of carbonyl (C=O) groups is 5. The Bertz CT molecular complexity index is 5290. The van der Waals surface area contributed by atoms with Crippen LogP contribution in [-0.2, 0) is 125 Å². The van der Waals surface area contributed by atoms with E-state index < -0.39 is 0 Å². The highest BCUT2D eigenvalue weighted by Gasteiger charge is 2.31. The Labute approximate surface area is 740 Å². The maximum atomic E-state index is 13.4. The molecule has 4 aromatic heterocycles. The Morgan fingerprint density at radius 2 is 0.672 bits per heavy atom. The largest absolute Gasteiger partial charge is 1.00 e. The van der Waals surface area contributed by atoms with Gasteiger partial charge in [0.2, 0.25) is 0 Å². The Kier molecular flexibility index (Phi) is 33.0. The third-order valence-corrected chi connectivity index (χ3v) is 28.7. The van der Waals surface area contributed by atoms with Gasteiger partial charge >= 0.3 is 0 Å². The molecule has 0 unspecified atom stereocenters. The summed E-state index contributed by atoms with van der Waals surface area (Å²) in [4.78, 5) is 70.3. The molecular weight excluding hydrogens is 1650 g/mol. The number of hydrogen-bond donors (Lipinski definition) is 4. The van der Waals surface area contributed by atoms with Crippen LogP contribution in [0.25, 0.3) is 56.3 Å². The number of aromatic nitrogens is 8. The lowest BCUT2D eigenvalue weighted by Gasteiger charge is -2.37. The molecule has 0 spiro atoms. The van der Waals surface area contributed by atoms with Crippen LogP contribution in [0.4, 0.5) is 17.1 Å². The number of benzene rings is 7. The molecule has 28 heteroatoms. The Balaban J connectivity index is 0.000000211. The number of aldehydes is 1. The lowest BCUT2D eigenvalue weighted by atomic mass is 9.89. The van der Waals surface area contributed by atoms with Crippen LogP contribution in [0, 0.1) is 13.8 Å². The molecule has 0 fully saturated rings. The molecule has 20 nitrogen and oxygen atoms in total. The highest BCUT2D eigenvalue weighted by atomic mass is 35.5. The van der Waals surface area contributed by atoms with Crippen molar-refractivity contribution in [3.05, 3.63) is 207 Å². The molecule has 4 amide bonds. The van der Waals surface area contributed by atoms with E-state index in [-0.39, 0.29) is 79.8 Å². The van der Waals surface area contributed by atoms with E-state index in [1.807, 2.05) is 79.5 Å². The number of para-hydroxylation sites is 8. The van der Waals surface area contributed by atoms with E-state index >= 15 is 0 Å². The fraction of sp³-hybridized carbons (Fsp3) is 0.418. The van der Waals surface area contributed by atoms with E-state index in [0.29, 0.717) is 45.8 Å². The molecule has 0 saturated carbocycles. The summed E-state index contributed by atoms with van der Waals surface area (Å²) in [5, 5.41) is 12.4. The smallest absolute Gasteiger partial charge is 0.282 e. The molecule has 10 heterocycles.